The molecule has 0 atom stereocenters. The van der Waals surface area contributed by atoms with Gasteiger partial charge >= 0.3 is 0 Å². The van der Waals surface area contributed by atoms with Gasteiger partial charge in [-0.2, -0.15) is 13.5 Å². The minimum Gasteiger partial charge on any atom is -0.507 e. The summed E-state index contributed by atoms with van der Waals surface area (Å²) in [6.45, 7) is 0. The molecular weight excluding hydrogens is 390 g/mol. The molecule has 0 aliphatic rings. The topological polar surface area (TPSA) is 122 Å². The molecule has 0 radical (unpaired) electrons. The van der Waals surface area contributed by atoms with Gasteiger partial charge in [-0.05, 0) is 30.3 Å². The monoisotopic (exact) mass is 399 g/mol. The number of rotatable bonds is 5. The Balaban J connectivity index is 2.16. The van der Waals surface area contributed by atoms with Crippen molar-refractivity contribution >= 4 is 37.9 Å². The molecule has 0 saturated carbocycles. The lowest BCUT2D eigenvalue weighted by atomic mass is 10.2. The summed E-state index contributed by atoms with van der Waals surface area (Å²) in [5.41, 5.74) is 0.0947. The predicted molar refractivity (Wildman–Crippen MR) is 86.8 cm³/mol. The fourth-order valence-corrected chi connectivity index (χ4v) is 2.76. The van der Waals surface area contributed by atoms with Crippen molar-refractivity contribution in [2.75, 3.05) is 0 Å². The summed E-state index contributed by atoms with van der Waals surface area (Å²) in [4.78, 5) is 11.7. The van der Waals surface area contributed by atoms with Crippen LogP contribution in [0.25, 0.3) is 0 Å². The van der Waals surface area contributed by atoms with Crippen LogP contribution in [0.1, 0.15) is 5.56 Å². The molecule has 10 heteroatoms. The SMILES string of the molecule is O=[N+]([O-])c1ccc(S(=O)(=O)N/N=C/c2cc(Br)ccc2O)cc1. The number of hydrogen-bond acceptors (Lipinski definition) is 6. The van der Waals surface area contributed by atoms with Gasteiger partial charge in [0.15, 0.2) is 0 Å². The number of nitro groups is 1. The molecule has 0 aliphatic heterocycles. The zero-order chi connectivity index (χ0) is 17.0. The summed E-state index contributed by atoms with van der Waals surface area (Å²) in [5.74, 6) is -0.0634. The minimum atomic E-state index is -3.96. The number of nitro benzene ring substituents is 1. The number of benzene rings is 2. The molecule has 8 nitrogen and oxygen atoms in total. The highest BCUT2D eigenvalue weighted by Crippen LogP contribution is 2.20. The van der Waals surface area contributed by atoms with E-state index in [-0.39, 0.29) is 16.3 Å². The van der Waals surface area contributed by atoms with Crippen LogP contribution in [0.4, 0.5) is 5.69 Å². The van der Waals surface area contributed by atoms with Crippen molar-refractivity contribution < 1.29 is 18.4 Å². The normalized spacial score (nSPS) is 11.5. The van der Waals surface area contributed by atoms with E-state index in [0.29, 0.717) is 10.0 Å². The van der Waals surface area contributed by atoms with Crippen molar-refractivity contribution in [3.63, 3.8) is 0 Å². The third-order valence-corrected chi connectivity index (χ3v) is 4.46. The highest BCUT2D eigenvalue weighted by atomic mass is 79.9. The van der Waals surface area contributed by atoms with Gasteiger partial charge < -0.3 is 5.11 Å². The van der Waals surface area contributed by atoms with Crippen LogP contribution in [-0.2, 0) is 10.0 Å². The zero-order valence-electron chi connectivity index (χ0n) is 11.4. The number of sulfonamides is 1. The van der Waals surface area contributed by atoms with Gasteiger partial charge in [0.1, 0.15) is 5.75 Å². The van der Waals surface area contributed by atoms with Crippen molar-refractivity contribution in [3.8, 4) is 5.75 Å². The Labute approximate surface area is 139 Å². The molecule has 2 rings (SSSR count). The highest BCUT2D eigenvalue weighted by molar-refractivity contribution is 9.10. The Kier molecular flexibility index (Phi) is 4.96. The smallest absolute Gasteiger partial charge is 0.276 e. The molecule has 2 aromatic rings. The molecule has 0 heterocycles. The van der Waals surface area contributed by atoms with E-state index in [0.717, 1.165) is 30.5 Å². The zero-order valence-corrected chi connectivity index (χ0v) is 13.8. The van der Waals surface area contributed by atoms with Gasteiger partial charge in [0.2, 0.25) is 0 Å². The summed E-state index contributed by atoms with van der Waals surface area (Å²) in [7, 11) is -3.96. The Hall–Kier alpha value is -2.46. The Morgan fingerprint density at radius 2 is 1.87 bits per heavy atom. The highest BCUT2D eigenvalue weighted by Gasteiger charge is 2.14. The summed E-state index contributed by atoms with van der Waals surface area (Å²) >= 11 is 3.22. The lowest BCUT2D eigenvalue weighted by Gasteiger charge is -2.03. The van der Waals surface area contributed by atoms with Crippen molar-refractivity contribution in [1.82, 2.24) is 4.83 Å². The van der Waals surface area contributed by atoms with Crippen LogP contribution in [0.3, 0.4) is 0 Å². The molecule has 2 aromatic carbocycles. The number of halogens is 1. The second-order valence-corrected chi connectivity index (χ2v) is 6.88. The van der Waals surface area contributed by atoms with Crippen LogP contribution in [0, 0.1) is 10.1 Å². The largest absolute Gasteiger partial charge is 0.507 e. The van der Waals surface area contributed by atoms with Crippen molar-refractivity contribution in [2.45, 2.75) is 4.90 Å². The summed E-state index contributed by atoms with van der Waals surface area (Å²) in [6, 6.07) is 8.97. The van der Waals surface area contributed by atoms with Gasteiger partial charge in [-0.3, -0.25) is 10.1 Å². The Morgan fingerprint density at radius 1 is 1.22 bits per heavy atom. The lowest BCUT2D eigenvalue weighted by molar-refractivity contribution is -0.384. The number of hydrogen-bond donors (Lipinski definition) is 2. The van der Waals surface area contributed by atoms with E-state index in [2.05, 4.69) is 21.0 Å². The molecule has 0 saturated heterocycles. The summed E-state index contributed by atoms with van der Waals surface area (Å²) < 4.78 is 24.7. The lowest BCUT2D eigenvalue weighted by Crippen LogP contribution is -2.18. The molecule has 23 heavy (non-hydrogen) atoms. The van der Waals surface area contributed by atoms with Gasteiger partial charge in [-0.15, -0.1) is 0 Å². The summed E-state index contributed by atoms with van der Waals surface area (Å²) in [6.07, 6.45) is 1.14. The Morgan fingerprint density at radius 3 is 2.48 bits per heavy atom. The summed E-state index contributed by atoms with van der Waals surface area (Å²) in [5, 5.41) is 23.7. The maximum absolute atomic E-state index is 12.0. The first-order chi connectivity index (χ1) is 10.8. The minimum absolute atomic E-state index is 0.0634. The molecule has 0 aromatic heterocycles. The standard InChI is InChI=1S/C13H10BrN3O5S/c14-10-1-6-13(18)9(7-10)8-15-16-23(21,22)12-4-2-11(3-5-12)17(19)20/h1-8,16,18H/b15-8+. The number of hydrazone groups is 1. The number of phenols is 1. The van der Waals surface area contributed by atoms with E-state index >= 15 is 0 Å². The van der Waals surface area contributed by atoms with Crippen molar-refractivity contribution in [1.29, 1.82) is 0 Å². The van der Waals surface area contributed by atoms with E-state index in [9.17, 15) is 23.6 Å². The Bertz CT molecular complexity index is 866. The van der Waals surface area contributed by atoms with Gasteiger partial charge in [0.05, 0.1) is 16.0 Å². The third kappa shape index (κ3) is 4.27. The van der Waals surface area contributed by atoms with E-state index in [4.69, 9.17) is 0 Å². The fraction of sp³-hybridized carbons (Fsp3) is 0. The maximum Gasteiger partial charge on any atom is 0.276 e. The molecule has 0 amide bonds. The van der Waals surface area contributed by atoms with Crippen molar-refractivity contribution in [2.24, 2.45) is 5.10 Å². The van der Waals surface area contributed by atoms with Crippen molar-refractivity contribution in [3.05, 3.63) is 62.6 Å². The third-order valence-electron chi connectivity index (χ3n) is 2.72. The molecule has 0 fully saturated rings. The number of nitrogens with one attached hydrogen (secondary N) is 1. The number of phenolic OH excluding ortho intramolecular Hbond substituents is 1. The molecule has 0 unspecified atom stereocenters. The number of nitrogens with zero attached hydrogens (tertiary/aromatic N) is 2. The van der Waals surface area contributed by atoms with Gasteiger partial charge in [0, 0.05) is 22.2 Å². The van der Waals surface area contributed by atoms with Crippen LogP contribution in [0.5, 0.6) is 5.75 Å². The second-order valence-electron chi connectivity index (χ2n) is 4.31. The van der Waals surface area contributed by atoms with Crippen LogP contribution >= 0.6 is 15.9 Å². The van der Waals surface area contributed by atoms with Crippen LogP contribution in [0.15, 0.2) is 56.9 Å². The molecule has 0 aliphatic carbocycles. The number of non-ortho nitro benzene ring substituents is 1. The molecule has 120 valence electrons. The van der Waals surface area contributed by atoms with Gasteiger partial charge in [0.25, 0.3) is 15.7 Å². The van der Waals surface area contributed by atoms with E-state index in [1.165, 1.54) is 6.07 Å². The van der Waals surface area contributed by atoms with E-state index in [1.807, 2.05) is 4.83 Å². The predicted octanol–water partition coefficient (Wildman–Crippen LogP) is 2.38. The van der Waals surface area contributed by atoms with Crippen LogP contribution in [0.2, 0.25) is 0 Å². The first-order valence-electron chi connectivity index (χ1n) is 6.07. The van der Waals surface area contributed by atoms with Crippen LogP contribution < -0.4 is 4.83 Å². The number of aromatic hydroxyl groups is 1. The van der Waals surface area contributed by atoms with Crippen LogP contribution in [-0.4, -0.2) is 24.7 Å². The first kappa shape index (κ1) is 16.9. The molecule has 0 bridgehead atoms. The molecule has 2 N–H and O–H groups in total. The first-order valence-corrected chi connectivity index (χ1v) is 8.35. The van der Waals surface area contributed by atoms with Gasteiger partial charge in [-0.1, -0.05) is 15.9 Å². The quantitative estimate of drug-likeness (QED) is 0.453. The van der Waals surface area contributed by atoms with Gasteiger partial charge in [-0.25, -0.2) is 4.83 Å². The van der Waals surface area contributed by atoms with E-state index in [1.54, 1.807) is 12.1 Å². The maximum atomic E-state index is 12.0. The molecular formula is C13H10BrN3O5S. The molecule has 0 spiro atoms. The average molecular weight is 400 g/mol. The van der Waals surface area contributed by atoms with E-state index < -0.39 is 14.9 Å². The average Bonchev–Trinajstić information content (AvgIpc) is 2.50. The fourth-order valence-electron chi connectivity index (χ4n) is 1.59. The second kappa shape index (κ2) is 6.75.